The molecule has 106 valence electrons. The summed E-state index contributed by atoms with van der Waals surface area (Å²) in [5, 5.41) is 26.6. The van der Waals surface area contributed by atoms with Gasteiger partial charge in [-0.2, -0.15) is 4.98 Å². The maximum atomic E-state index is 11.8. The first-order valence-corrected chi connectivity index (χ1v) is 5.89. The number of ether oxygens (including phenoxy) is 1. The first-order valence-electron chi connectivity index (χ1n) is 5.51. The summed E-state index contributed by atoms with van der Waals surface area (Å²) in [4.78, 5) is 15.3. The van der Waals surface area contributed by atoms with Gasteiger partial charge in [0.05, 0.1) is 6.61 Å². The summed E-state index contributed by atoms with van der Waals surface area (Å²) in [6.07, 6.45) is -2.86. The van der Waals surface area contributed by atoms with Crippen LogP contribution in [0.3, 0.4) is 0 Å². The number of aromatic nitrogens is 2. The Morgan fingerprint density at radius 1 is 1.63 bits per heavy atom. The zero-order chi connectivity index (χ0) is 14.4. The fourth-order valence-electron chi connectivity index (χ4n) is 1.89. The molecule has 1 aromatic heterocycles. The van der Waals surface area contributed by atoms with Gasteiger partial charge in [-0.1, -0.05) is 11.6 Å². The molecule has 0 amide bonds. The van der Waals surface area contributed by atoms with Gasteiger partial charge >= 0.3 is 5.69 Å². The molecule has 1 aliphatic heterocycles. The molecule has 8 nitrogen and oxygen atoms in total. The van der Waals surface area contributed by atoms with Crippen molar-refractivity contribution >= 4 is 17.4 Å². The zero-order valence-electron chi connectivity index (χ0n) is 10.0. The van der Waals surface area contributed by atoms with Crippen molar-refractivity contribution in [3.8, 4) is 0 Å². The largest absolute Gasteiger partial charge is 0.394 e. The summed E-state index contributed by atoms with van der Waals surface area (Å²) in [5.41, 5.74) is 5.11. The second-order valence-corrected chi connectivity index (χ2v) is 4.89. The van der Waals surface area contributed by atoms with Crippen LogP contribution in [0.25, 0.3) is 0 Å². The van der Waals surface area contributed by atoms with Crippen molar-refractivity contribution in [1.82, 2.24) is 9.55 Å². The van der Waals surface area contributed by atoms with Crippen LogP contribution in [-0.4, -0.2) is 49.8 Å². The van der Waals surface area contributed by atoms with E-state index in [1.807, 2.05) is 0 Å². The van der Waals surface area contributed by atoms with Crippen LogP contribution in [0.15, 0.2) is 11.0 Å². The third-order valence-corrected chi connectivity index (χ3v) is 3.54. The van der Waals surface area contributed by atoms with Gasteiger partial charge in [-0.3, -0.25) is 4.57 Å². The Bertz CT molecular complexity index is 550. The molecule has 0 aliphatic carbocycles. The highest BCUT2D eigenvalue weighted by atomic mass is 35.5. The first-order chi connectivity index (χ1) is 8.81. The van der Waals surface area contributed by atoms with Crippen molar-refractivity contribution in [1.29, 1.82) is 0 Å². The molecular formula is C10H14ClN3O5. The number of hydrogen-bond acceptors (Lipinski definition) is 7. The maximum absolute atomic E-state index is 11.8. The maximum Gasteiger partial charge on any atom is 0.352 e. The van der Waals surface area contributed by atoms with Crippen LogP contribution in [0.4, 0.5) is 5.82 Å². The number of aryl methyl sites for hydroxylation is 1. The minimum absolute atomic E-state index is 0.0354. The third kappa shape index (κ3) is 2.11. The number of aliphatic hydroxyl groups excluding tert-OH is 3. The molecule has 9 heteroatoms. The smallest absolute Gasteiger partial charge is 0.352 e. The molecule has 1 saturated heterocycles. The van der Waals surface area contributed by atoms with E-state index in [1.165, 1.54) is 6.20 Å². The van der Waals surface area contributed by atoms with Crippen LogP contribution in [0.1, 0.15) is 5.56 Å². The highest BCUT2D eigenvalue weighted by Crippen LogP contribution is 2.38. The molecule has 0 bridgehead atoms. The van der Waals surface area contributed by atoms with Gasteiger partial charge in [0.25, 0.3) is 5.18 Å². The van der Waals surface area contributed by atoms with Crippen LogP contribution in [-0.2, 0) is 9.92 Å². The fraction of sp³-hybridized carbons (Fsp3) is 0.600. The van der Waals surface area contributed by atoms with Crippen LogP contribution >= 0.6 is 11.6 Å². The SMILES string of the molecule is Cc1cn([C@]2(Cl)O[C@H](CO)[C@@H](O)[C@H]2O)c(=O)nc1N. The molecule has 19 heavy (non-hydrogen) atoms. The van der Waals surface area contributed by atoms with Crippen molar-refractivity contribution < 1.29 is 20.1 Å². The Morgan fingerprint density at radius 3 is 2.79 bits per heavy atom. The Labute approximate surface area is 113 Å². The van der Waals surface area contributed by atoms with Crippen molar-refractivity contribution in [2.45, 2.75) is 30.4 Å². The van der Waals surface area contributed by atoms with Crippen LogP contribution < -0.4 is 11.4 Å². The lowest BCUT2D eigenvalue weighted by Gasteiger charge is -2.27. The van der Waals surface area contributed by atoms with Gasteiger partial charge in [0.2, 0.25) is 0 Å². The molecule has 0 radical (unpaired) electrons. The minimum atomic E-state index is -2.03. The molecule has 2 rings (SSSR count). The highest BCUT2D eigenvalue weighted by Gasteiger charge is 2.55. The number of aliphatic hydroxyl groups is 3. The lowest BCUT2D eigenvalue weighted by atomic mass is 10.1. The molecule has 1 aromatic rings. The number of alkyl halides is 1. The van der Waals surface area contributed by atoms with Crippen molar-refractivity contribution in [2.75, 3.05) is 12.3 Å². The quantitative estimate of drug-likeness (QED) is 0.468. The van der Waals surface area contributed by atoms with E-state index in [2.05, 4.69) is 4.98 Å². The number of hydrogen-bond donors (Lipinski definition) is 4. The molecule has 5 N–H and O–H groups in total. The van der Waals surface area contributed by atoms with E-state index in [9.17, 15) is 15.0 Å². The zero-order valence-corrected chi connectivity index (χ0v) is 10.8. The second kappa shape index (κ2) is 4.73. The molecular weight excluding hydrogens is 278 g/mol. The highest BCUT2D eigenvalue weighted by molar-refractivity contribution is 6.21. The average Bonchev–Trinajstić information content (AvgIpc) is 2.59. The number of halogens is 1. The average molecular weight is 292 g/mol. The van der Waals surface area contributed by atoms with Crippen LogP contribution in [0.2, 0.25) is 0 Å². The van der Waals surface area contributed by atoms with E-state index in [1.54, 1.807) is 6.92 Å². The van der Waals surface area contributed by atoms with Crippen molar-refractivity contribution in [3.05, 3.63) is 22.2 Å². The summed E-state index contributed by atoms with van der Waals surface area (Å²) in [7, 11) is 0. The van der Waals surface area contributed by atoms with Gasteiger partial charge in [-0.25, -0.2) is 4.79 Å². The lowest BCUT2D eigenvalue weighted by molar-refractivity contribution is -0.0883. The van der Waals surface area contributed by atoms with Gasteiger partial charge < -0.3 is 25.8 Å². The van der Waals surface area contributed by atoms with Gasteiger partial charge in [0.15, 0.2) is 0 Å². The number of nitrogens with zero attached hydrogens (tertiary/aromatic N) is 2. The van der Waals surface area contributed by atoms with Crippen LogP contribution in [0, 0.1) is 6.92 Å². The van der Waals surface area contributed by atoms with Crippen molar-refractivity contribution in [2.24, 2.45) is 0 Å². The predicted octanol–water partition coefficient (Wildman–Crippen LogP) is -1.90. The van der Waals surface area contributed by atoms with E-state index in [4.69, 9.17) is 27.2 Å². The minimum Gasteiger partial charge on any atom is -0.394 e. The fourth-order valence-corrected chi connectivity index (χ4v) is 2.25. The van der Waals surface area contributed by atoms with E-state index >= 15 is 0 Å². The van der Waals surface area contributed by atoms with E-state index in [0.717, 1.165) is 4.57 Å². The summed E-state index contributed by atoms with van der Waals surface area (Å²) in [5.74, 6) is 0.0354. The van der Waals surface area contributed by atoms with Gasteiger partial charge in [-0.15, -0.1) is 0 Å². The molecule has 1 fully saturated rings. The third-order valence-electron chi connectivity index (χ3n) is 3.04. The summed E-state index contributed by atoms with van der Waals surface area (Å²) >= 11 is 6.08. The summed E-state index contributed by atoms with van der Waals surface area (Å²) in [6, 6.07) is 0. The number of nitrogen functional groups attached to an aromatic ring is 1. The summed E-state index contributed by atoms with van der Waals surface area (Å²) in [6.45, 7) is 1.04. The van der Waals surface area contributed by atoms with Gasteiger partial charge in [-0.05, 0) is 6.92 Å². The molecule has 0 aromatic carbocycles. The number of rotatable bonds is 2. The number of nitrogens with two attached hydrogens (primary N) is 1. The van der Waals surface area contributed by atoms with Crippen molar-refractivity contribution in [3.63, 3.8) is 0 Å². The number of anilines is 1. The Morgan fingerprint density at radius 2 is 2.26 bits per heavy atom. The first kappa shape index (κ1) is 14.2. The molecule has 0 saturated carbocycles. The van der Waals surface area contributed by atoms with E-state index in [-0.39, 0.29) is 5.82 Å². The van der Waals surface area contributed by atoms with E-state index < -0.39 is 35.8 Å². The lowest BCUT2D eigenvalue weighted by Crippen LogP contribution is -2.46. The molecule has 0 unspecified atom stereocenters. The van der Waals surface area contributed by atoms with Gasteiger partial charge in [0, 0.05) is 11.8 Å². The standard InChI is InChI=1S/C10H14ClN3O5/c1-4-2-14(9(18)13-8(4)12)10(11)7(17)6(16)5(3-15)19-10/h2,5-7,15-17H,3H2,1H3,(H2,12,13,18)/t5-,6-,7-,10+/m1/s1. The molecule has 1 aliphatic rings. The van der Waals surface area contributed by atoms with Crippen LogP contribution in [0.5, 0.6) is 0 Å². The Balaban J connectivity index is 2.52. The predicted molar refractivity (Wildman–Crippen MR) is 65.4 cm³/mol. The second-order valence-electron chi connectivity index (χ2n) is 4.35. The summed E-state index contributed by atoms with van der Waals surface area (Å²) < 4.78 is 6.02. The topological polar surface area (TPSA) is 131 Å². The molecule has 4 atom stereocenters. The monoisotopic (exact) mass is 291 g/mol. The Kier molecular flexibility index (Phi) is 3.54. The Hall–Kier alpha value is -1.19. The molecule has 0 spiro atoms. The van der Waals surface area contributed by atoms with Gasteiger partial charge in [0.1, 0.15) is 24.1 Å². The van der Waals surface area contributed by atoms with E-state index in [0.29, 0.717) is 5.56 Å². The normalized spacial score (nSPS) is 34.7. The molecule has 2 heterocycles.